The topological polar surface area (TPSA) is 66.4 Å². The largest absolute Gasteiger partial charge is 0.481 e. The minimum Gasteiger partial charge on any atom is -0.481 e. The number of unbranched alkanes of at least 4 members (excludes halogenated alkanes) is 3. The van der Waals surface area contributed by atoms with Crippen LogP contribution in [0.2, 0.25) is 0 Å². The molecular weight excluding hydrogens is 266 g/mol. The van der Waals surface area contributed by atoms with E-state index in [2.05, 4.69) is 19.2 Å². The van der Waals surface area contributed by atoms with Gasteiger partial charge >= 0.3 is 5.97 Å². The molecule has 0 bridgehead atoms. The van der Waals surface area contributed by atoms with Crippen LogP contribution in [0.25, 0.3) is 0 Å². The van der Waals surface area contributed by atoms with Gasteiger partial charge in [0.15, 0.2) is 0 Å². The van der Waals surface area contributed by atoms with E-state index in [0.717, 1.165) is 25.7 Å². The van der Waals surface area contributed by atoms with Crippen LogP contribution in [0.1, 0.15) is 72.1 Å². The predicted octanol–water partition coefficient (Wildman–Crippen LogP) is 3.60. The molecular formula is C17H31NO3. The number of nitrogens with one attached hydrogen (secondary N) is 1. The smallest absolute Gasteiger partial charge is 0.307 e. The first-order valence-corrected chi connectivity index (χ1v) is 8.52. The van der Waals surface area contributed by atoms with Crippen LogP contribution in [0.15, 0.2) is 0 Å². The Morgan fingerprint density at radius 2 is 1.81 bits per heavy atom. The highest BCUT2D eigenvalue weighted by atomic mass is 16.4. The molecule has 2 unspecified atom stereocenters. The second kappa shape index (κ2) is 9.06. The van der Waals surface area contributed by atoms with Crippen molar-refractivity contribution in [2.45, 2.75) is 78.2 Å². The van der Waals surface area contributed by atoms with Gasteiger partial charge in [-0.25, -0.2) is 0 Å². The summed E-state index contributed by atoms with van der Waals surface area (Å²) in [5.74, 6) is -1.34. The molecule has 0 saturated heterocycles. The lowest BCUT2D eigenvalue weighted by Gasteiger charge is -2.19. The number of carboxylic acids is 1. The fourth-order valence-electron chi connectivity index (χ4n) is 3.34. The third kappa shape index (κ3) is 5.68. The lowest BCUT2D eigenvalue weighted by molar-refractivity contribution is -0.146. The van der Waals surface area contributed by atoms with Gasteiger partial charge in [0.2, 0.25) is 5.91 Å². The predicted molar refractivity (Wildman–Crippen MR) is 84.0 cm³/mol. The highest BCUT2D eigenvalue weighted by Crippen LogP contribution is 2.38. The molecule has 2 N–H and O–H groups in total. The number of hydrogen-bond donors (Lipinski definition) is 2. The first kappa shape index (κ1) is 18.0. The maximum absolute atomic E-state index is 12.3. The highest BCUT2D eigenvalue weighted by molar-refractivity contribution is 5.85. The van der Waals surface area contributed by atoms with E-state index >= 15 is 0 Å². The number of carbonyl (C=O) groups is 2. The minimum atomic E-state index is -0.818. The van der Waals surface area contributed by atoms with Crippen molar-refractivity contribution >= 4 is 11.9 Å². The van der Waals surface area contributed by atoms with Gasteiger partial charge in [0.1, 0.15) is 0 Å². The molecule has 1 aliphatic rings. The molecule has 122 valence electrons. The first-order valence-electron chi connectivity index (χ1n) is 8.52. The Kier molecular flexibility index (Phi) is 7.76. The zero-order valence-corrected chi connectivity index (χ0v) is 13.7. The van der Waals surface area contributed by atoms with E-state index in [1.165, 1.54) is 19.3 Å². The fourth-order valence-corrected chi connectivity index (χ4v) is 3.34. The molecule has 1 rings (SSSR count). The maximum Gasteiger partial charge on any atom is 0.307 e. The van der Waals surface area contributed by atoms with Crippen LogP contribution < -0.4 is 5.32 Å². The lowest BCUT2D eigenvalue weighted by atomic mass is 9.95. The van der Waals surface area contributed by atoms with Crippen LogP contribution >= 0.6 is 0 Å². The van der Waals surface area contributed by atoms with E-state index < -0.39 is 11.9 Å². The van der Waals surface area contributed by atoms with Crippen molar-refractivity contribution < 1.29 is 14.7 Å². The molecule has 0 aliphatic heterocycles. The molecule has 1 amide bonds. The summed E-state index contributed by atoms with van der Waals surface area (Å²) in [5, 5.41) is 12.3. The summed E-state index contributed by atoms with van der Waals surface area (Å²) in [4.78, 5) is 23.7. The zero-order valence-electron chi connectivity index (χ0n) is 13.7. The van der Waals surface area contributed by atoms with E-state index in [4.69, 9.17) is 0 Å². The van der Waals surface area contributed by atoms with Crippen LogP contribution in [0.4, 0.5) is 0 Å². The molecule has 4 nitrogen and oxygen atoms in total. The zero-order chi connectivity index (χ0) is 15.8. The Hall–Kier alpha value is -1.06. The Morgan fingerprint density at radius 1 is 1.14 bits per heavy atom. The van der Waals surface area contributed by atoms with Crippen molar-refractivity contribution in [2.75, 3.05) is 0 Å². The van der Waals surface area contributed by atoms with Gasteiger partial charge in [-0.1, -0.05) is 46.0 Å². The Morgan fingerprint density at radius 3 is 2.38 bits per heavy atom. The monoisotopic (exact) mass is 297 g/mol. The number of rotatable bonds is 9. The molecule has 0 aromatic carbocycles. The summed E-state index contributed by atoms with van der Waals surface area (Å²) in [6.45, 7) is 6.27. The molecule has 0 spiro atoms. The molecule has 21 heavy (non-hydrogen) atoms. The average molecular weight is 297 g/mol. The summed E-state index contributed by atoms with van der Waals surface area (Å²) < 4.78 is 0. The Labute approximate surface area is 128 Å². The summed E-state index contributed by atoms with van der Waals surface area (Å²) in [7, 11) is 0. The molecule has 0 aromatic rings. The number of aliphatic carboxylic acids is 1. The van der Waals surface area contributed by atoms with Crippen LogP contribution in [-0.4, -0.2) is 23.0 Å². The summed E-state index contributed by atoms with van der Waals surface area (Å²) in [5.41, 5.74) is 0. The maximum atomic E-state index is 12.3. The first-order chi connectivity index (χ1) is 9.99. The van der Waals surface area contributed by atoms with Gasteiger partial charge in [-0.05, 0) is 32.1 Å². The van der Waals surface area contributed by atoms with Crippen LogP contribution in [0.3, 0.4) is 0 Å². The number of hydrogen-bond acceptors (Lipinski definition) is 2. The molecule has 1 saturated carbocycles. The third-order valence-corrected chi connectivity index (χ3v) is 4.77. The lowest BCUT2D eigenvalue weighted by Crippen LogP contribution is -2.40. The molecule has 4 atom stereocenters. The summed E-state index contributed by atoms with van der Waals surface area (Å²) >= 11 is 0. The van der Waals surface area contributed by atoms with Gasteiger partial charge in [-0.2, -0.15) is 0 Å². The molecule has 4 heteroatoms. The Bertz CT molecular complexity index is 343. The quantitative estimate of drug-likeness (QED) is 0.639. The van der Waals surface area contributed by atoms with Crippen molar-refractivity contribution in [3.8, 4) is 0 Å². The Balaban J connectivity index is 2.43. The van der Waals surface area contributed by atoms with E-state index in [9.17, 15) is 14.7 Å². The van der Waals surface area contributed by atoms with Gasteiger partial charge in [0.05, 0.1) is 11.8 Å². The van der Waals surface area contributed by atoms with Crippen LogP contribution in [0.5, 0.6) is 0 Å². The fraction of sp³-hybridized carbons (Fsp3) is 0.882. The SMILES string of the molecule is CCCCCCC(C)NC(=O)[C@H]1CC(CC)C[C@H]1C(=O)O. The molecule has 0 heterocycles. The number of carbonyl (C=O) groups excluding carboxylic acids is 1. The van der Waals surface area contributed by atoms with Gasteiger partial charge in [-0.3, -0.25) is 9.59 Å². The average Bonchev–Trinajstić information content (AvgIpc) is 2.88. The molecule has 1 fully saturated rings. The van der Waals surface area contributed by atoms with Gasteiger partial charge in [0.25, 0.3) is 0 Å². The normalized spacial score (nSPS) is 26.5. The van der Waals surface area contributed by atoms with Gasteiger partial charge in [0, 0.05) is 6.04 Å². The highest BCUT2D eigenvalue weighted by Gasteiger charge is 2.42. The van der Waals surface area contributed by atoms with Crippen molar-refractivity contribution in [3.05, 3.63) is 0 Å². The van der Waals surface area contributed by atoms with E-state index in [1.807, 2.05) is 6.92 Å². The van der Waals surface area contributed by atoms with Crippen molar-refractivity contribution in [1.29, 1.82) is 0 Å². The van der Waals surface area contributed by atoms with Crippen molar-refractivity contribution in [1.82, 2.24) is 5.32 Å². The molecule has 0 aromatic heterocycles. The van der Waals surface area contributed by atoms with Crippen LogP contribution in [0, 0.1) is 17.8 Å². The standard InChI is InChI=1S/C17H31NO3/c1-4-6-7-8-9-12(3)18-16(19)14-10-13(5-2)11-15(14)17(20)21/h12-15H,4-11H2,1-3H3,(H,18,19)(H,20,21)/t12?,13?,14-,15+/m0/s1. The van der Waals surface area contributed by atoms with E-state index in [0.29, 0.717) is 12.3 Å². The van der Waals surface area contributed by atoms with Crippen LogP contribution in [-0.2, 0) is 9.59 Å². The summed E-state index contributed by atoms with van der Waals surface area (Å²) in [6, 6.07) is 0.143. The molecule has 0 radical (unpaired) electrons. The third-order valence-electron chi connectivity index (χ3n) is 4.77. The summed E-state index contributed by atoms with van der Waals surface area (Å²) in [6.07, 6.45) is 8.09. The van der Waals surface area contributed by atoms with Gasteiger partial charge < -0.3 is 10.4 Å². The van der Waals surface area contributed by atoms with Crippen molar-refractivity contribution in [3.63, 3.8) is 0 Å². The second-order valence-corrected chi connectivity index (χ2v) is 6.56. The number of carboxylic acid groups (broad SMARTS) is 1. The minimum absolute atomic E-state index is 0.0543. The van der Waals surface area contributed by atoms with Gasteiger partial charge in [-0.15, -0.1) is 0 Å². The van der Waals surface area contributed by atoms with E-state index in [1.54, 1.807) is 0 Å². The van der Waals surface area contributed by atoms with E-state index in [-0.39, 0.29) is 17.9 Å². The molecule has 1 aliphatic carbocycles. The number of amides is 1. The van der Waals surface area contributed by atoms with Crippen molar-refractivity contribution in [2.24, 2.45) is 17.8 Å². The second-order valence-electron chi connectivity index (χ2n) is 6.56.